The minimum atomic E-state index is -0.338. The third-order valence-corrected chi connectivity index (χ3v) is 4.72. The summed E-state index contributed by atoms with van der Waals surface area (Å²) in [5.74, 6) is 1.42. The summed E-state index contributed by atoms with van der Waals surface area (Å²) in [6.07, 6.45) is 2.76. The molecule has 150 valence electrons. The van der Waals surface area contributed by atoms with Gasteiger partial charge < -0.3 is 19.5 Å². The average Bonchev–Trinajstić information content (AvgIpc) is 2.70. The van der Waals surface area contributed by atoms with Crippen LogP contribution in [-0.2, 0) is 17.6 Å². The first-order valence-electron chi connectivity index (χ1n) is 9.56. The van der Waals surface area contributed by atoms with Crippen LogP contribution in [0, 0.1) is 5.82 Å². The quantitative estimate of drug-likeness (QED) is 0.702. The predicted molar refractivity (Wildman–Crippen MR) is 105 cm³/mol. The third-order valence-electron chi connectivity index (χ3n) is 4.72. The van der Waals surface area contributed by atoms with Gasteiger partial charge in [-0.25, -0.2) is 4.39 Å². The molecular formula is C22H26FNO4. The molecule has 1 aliphatic rings. The van der Waals surface area contributed by atoms with Crippen molar-refractivity contribution in [1.29, 1.82) is 0 Å². The summed E-state index contributed by atoms with van der Waals surface area (Å²) in [5, 5.41) is 2.83. The van der Waals surface area contributed by atoms with Crippen molar-refractivity contribution in [2.45, 2.75) is 38.7 Å². The molecule has 5 nitrogen and oxygen atoms in total. The van der Waals surface area contributed by atoms with Crippen molar-refractivity contribution in [3.8, 4) is 17.2 Å². The molecule has 1 heterocycles. The molecule has 0 spiro atoms. The number of aryl methyl sites for hydroxylation is 2. The van der Waals surface area contributed by atoms with E-state index in [9.17, 15) is 9.18 Å². The first-order valence-corrected chi connectivity index (χ1v) is 9.56. The van der Waals surface area contributed by atoms with Crippen molar-refractivity contribution in [3.63, 3.8) is 0 Å². The number of carbonyl (C=O) groups is 1. The number of amides is 1. The Labute approximate surface area is 164 Å². The van der Waals surface area contributed by atoms with Gasteiger partial charge >= 0.3 is 0 Å². The fraction of sp³-hybridized carbons (Fsp3) is 0.409. The van der Waals surface area contributed by atoms with E-state index in [0.717, 1.165) is 29.7 Å². The highest BCUT2D eigenvalue weighted by molar-refractivity contribution is 5.76. The second-order valence-electron chi connectivity index (χ2n) is 6.91. The largest absolute Gasteiger partial charge is 0.497 e. The molecule has 1 N–H and O–H groups in total. The Morgan fingerprint density at radius 3 is 2.82 bits per heavy atom. The van der Waals surface area contributed by atoms with Crippen LogP contribution >= 0.6 is 0 Å². The van der Waals surface area contributed by atoms with Gasteiger partial charge in [0.1, 0.15) is 18.2 Å². The first kappa shape index (κ1) is 20.0. The Hall–Kier alpha value is -2.76. The molecule has 0 saturated carbocycles. The molecule has 2 aromatic carbocycles. The zero-order valence-electron chi connectivity index (χ0n) is 16.3. The fourth-order valence-electron chi connectivity index (χ4n) is 3.16. The van der Waals surface area contributed by atoms with Gasteiger partial charge in [0.15, 0.2) is 11.5 Å². The topological polar surface area (TPSA) is 56.8 Å². The Balaban J connectivity index is 1.43. The lowest BCUT2D eigenvalue weighted by Gasteiger charge is -2.25. The molecule has 0 fully saturated rings. The number of hydrogen-bond donors (Lipinski definition) is 1. The molecule has 1 unspecified atom stereocenters. The van der Waals surface area contributed by atoms with E-state index in [0.29, 0.717) is 30.9 Å². The lowest BCUT2D eigenvalue weighted by atomic mass is 10.0. The molecule has 0 saturated heterocycles. The summed E-state index contributed by atoms with van der Waals surface area (Å²) in [6, 6.07) is 10.5. The number of nitrogens with one attached hydrogen (secondary N) is 1. The van der Waals surface area contributed by atoms with Gasteiger partial charge in [0, 0.05) is 18.1 Å². The third kappa shape index (κ3) is 5.38. The number of hydrogen-bond acceptors (Lipinski definition) is 4. The molecule has 1 atom stereocenters. The smallest absolute Gasteiger partial charge is 0.220 e. The summed E-state index contributed by atoms with van der Waals surface area (Å²) < 4.78 is 30.4. The highest BCUT2D eigenvalue weighted by Gasteiger charge is 2.21. The maximum absolute atomic E-state index is 13.8. The number of methoxy groups -OCH3 is 1. The highest BCUT2D eigenvalue weighted by atomic mass is 19.1. The van der Waals surface area contributed by atoms with E-state index in [1.165, 1.54) is 12.1 Å². The van der Waals surface area contributed by atoms with Gasteiger partial charge in [-0.1, -0.05) is 12.1 Å². The van der Waals surface area contributed by atoms with Crippen molar-refractivity contribution in [1.82, 2.24) is 5.32 Å². The van der Waals surface area contributed by atoms with Crippen LogP contribution in [0.5, 0.6) is 17.2 Å². The van der Waals surface area contributed by atoms with Crippen molar-refractivity contribution in [2.75, 3.05) is 20.3 Å². The van der Waals surface area contributed by atoms with Gasteiger partial charge in [-0.2, -0.15) is 0 Å². The van der Waals surface area contributed by atoms with E-state index in [4.69, 9.17) is 14.2 Å². The van der Waals surface area contributed by atoms with Crippen molar-refractivity contribution in [3.05, 3.63) is 53.3 Å². The minimum Gasteiger partial charge on any atom is -0.497 e. The van der Waals surface area contributed by atoms with Gasteiger partial charge in [0.25, 0.3) is 0 Å². The van der Waals surface area contributed by atoms with E-state index < -0.39 is 0 Å². The summed E-state index contributed by atoms with van der Waals surface area (Å²) in [7, 11) is 1.62. The van der Waals surface area contributed by atoms with Gasteiger partial charge in [-0.15, -0.1) is 0 Å². The van der Waals surface area contributed by atoms with E-state index in [1.54, 1.807) is 7.11 Å². The van der Waals surface area contributed by atoms with Crippen LogP contribution in [-0.4, -0.2) is 32.3 Å². The second kappa shape index (κ2) is 9.44. The molecule has 28 heavy (non-hydrogen) atoms. The van der Waals surface area contributed by atoms with Crippen LogP contribution in [0.1, 0.15) is 30.9 Å². The Kier molecular flexibility index (Phi) is 6.74. The van der Waals surface area contributed by atoms with E-state index in [1.807, 2.05) is 31.2 Å². The van der Waals surface area contributed by atoms with Crippen LogP contribution < -0.4 is 19.5 Å². The highest BCUT2D eigenvalue weighted by Crippen LogP contribution is 2.37. The van der Waals surface area contributed by atoms with Crippen molar-refractivity contribution >= 4 is 5.91 Å². The summed E-state index contributed by atoms with van der Waals surface area (Å²) in [5.41, 5.74) is 1.90. The monoisotopic (exact) mass is 387 g/mol. The normalized spacial score (nSPS) is 15.3. The molecule has 0 radical (unpaired) electrons. The number of halogens is 1. The predicted octanol–water partition coefficient (Wildman–Crippen LogP) is 3.68. The van der Waals surface area contributed by atoms with Crippen molar-refractivity contribution in [2.24, 2.45) is 0 Å². The van der Waals surface area contributed by atoms with Crippen LogP contribution in [0.2, 0.25) is 0 Å². The maximum Gasteiger partial charge on any atom is 0.220 e. The number of carbonyl (C=O) groups excluding carboxylic acids is 1. The van der Waals surface area contributed by atoms with Gasteiger partial charge in [-0.3, -0.25) is 4.79 Å². The molecule has 1 aliphatic heterocycles. The molecule has 2 aromatic rings. The van der Waals surface area contributed by atoms with Gasteiger partial charge in [0.05, 0.1) is 19.8 Å². The lowest BCUT2D eigenvalue weighted by molar-refractivity contribution is -0.121. The van der Waals surface area contributed by atoms with Gasteiger partial charge in [-0.05, 0) is 49.9 Å². The Morgan fingerprint density at radius 2 is 2.07 bits per heavy atom. The van der Waals surface area contributed by atoms with E-state index in [2.05, 4.69) is 5.32 Å². The summed E-state index contributed by atoms with van der Waals surface area (Å²) in [4.78, 5) is 12.0. The van der Waals surface area contributed by atoms with Crippen LogP contribution in [0.15, 0.2) is 36.4 Å². The Morgan fingerprint density at radius 1 is 1.29 bits per heavy atom. The molecular weight excluding hydrogens is 361 g/mol. The Bertz CT molecular complexity index is 807. The summed E-state index contributed by atoms with van der Waals surface area (Å²) in [6.45, 7) is 2.59. The number of fused-ring (bicyclic) bond motifs is 1. The molecule has 1 amide bonds. The lowest BCUT2D eigenvalue weighted by Crippen LogP contribution is -2.28. The number of ether oxygens (including phenoxy) is 3. The molecule has 0 aromatic heterocycles. The second-order valence-corrected chi connectivity index (χ2v) is 6.91. The van der Waals surface area contributed by atoms with Gasteiger partial charge in [0.2, 0.25) is 5.91 Å². The SMILES string of the molecule is COc1ccc(CCC(=O)NCCOc2cc(F)cc3c2OC(C)CC3)cc1. The zero-order chi connectivity index (χ0) is 19.9. The number of benzene rings is 2. The molecule has 0 aliphatic carbocycles. The maximum atomic E-state index is 13.8. The first-order chi connectivity index (χ1) is 13.5. The van der Waals surface area contributed by atoms with E-state index in [-0.39, 0.29) is 24.4 Å². The van der Waals surface area contributed by atoms with Crippen LogP contribution in [0.4, 0.5) is 4.39 Å². The average molecular weight is 387 g/mol. The minimum absolute atomic E-state index is 0.0504. The molecule has 6 heteroatoms. The zero-order valence-corrected chi connectivity index (χ0v) is 16.3. The molecule has 3 rings (SSSR count). The van der Waals surface area contributed by atoms with Crippen LogP contribution in [0.25, 0.3) is 0 Å². The fourth-order valence-corrected chi connectivity index (χ4v) is 3.16. The number of rotatable bonds is 8. The standard InChI is InChI=1S/C22H26FNO4/c1-15-3-7-17-13-18(23)14-20(22(17)28-15)27-12-11-24-21(25)10-6-16-4-8-19(26-2)9-5-16/h4-5,8-9,13-15H,3,6-7,10-12H2,1-2H3,(H,24,25). The molecule has 0 bridgehead atoms. The van der Waals surface area contributed by atoms with Crippen LogP contribution in [0.3, 0.4) is 0 Å². The summed E-state index contributed by atoms with van der Waals surface area (Å²) >= 11 is 0. The van der Waals surface area contributed by atoms with E-state index >= 15 is 0 Å². The van der Waals surface area contributed by atoms with Crippen molar-refractivity contribution < 1.29 is 23.4 Å².